The summed E-state index contributed by atoms with van der Waals surface area (Å²) in [6.45, 7) is 12.4. The molecule has 2 aromatic carbocycles. The van der Waals surface area contributed by atoms with Crippen LogP contribution in [0.5, 0.6) is 0 Å². The van der Waals surface area contributed by atoms with E-state index in [0.717, 1.165) is 68.3 Å². The lowest BCUT2D eigenvalue weighted by Crippen LogP contribution is -2.64. The summed E-state index contributed by atoms with van der Waals surface area (Å²) in [5.74, 6) is 0.759. The van der Waals surface area contributed by atoms with E-state index in [-0.39, 0.29) is 12.2 Å². The van der Waals surface area contributed by atoms with Gasteiger partial charge in [-0.25, -0.2) is 14.6 Å². The largest absolute Gasteiger partial charge is 0.445 e. The summed E-state index contributed by atoms with van der Waals surface area (Å²) in [6, 6.07) is 20.7. The SMILES string of the molecule is CC(C)(C)OC(=O)N1CCc2cnc(Nc3ccc(N4CCN(C5CN(C(=O)OCc6ccccc6)C5)CC4)cc3)cc2C1. The number of amides is 2. The van der Waals surface area contributed by atoms with Crippen LogP contribution in [0.1, 0.15) is 37.5 Å². The number of pyridine rings is 1. The molecular formula is C34H42N6O4. The summed E-state index contributed by atoms with van der Waals surface area (Å²) in [5.41, 5.74) is 4.91. The summed E-state index contributed by atoms with van der Waals surface area (Å²) < 4.78 is 11.0. The molecule has 3 aromatic rings. The molecule has 0 aliphatic carbocycles. The maximum atomic E-state index is 12.6. The molecule has 0 atom stereocenters. The number of nitrogens with one attached hydrogen (secondary N) is 1. The molecule has 2 fully saturated rings. The molecule has 2 saturated heterocycles. The monoisotopic (exact) mass is 598 g/mol. The number of likely N-dealkylation sites (tertiary alicyclic amines) is 1. The highest BCUT2D eigenvalue weighted by molar-refractivity contribution is 5.69. The topological polar surface area (TPSA) is 90.5 Å². The number of benzene rings is 2. The molecule has 6 rings (SSSR count). The first-order valence-electron chi connectivity index (χ1n) is 15.5. The van der Waals surface area contributed by atoms with Gasteiger partial charge in [0, 0.05) is 76.0 Å². The molecule has 44 heavy (non-hydrogen) atoms. The Hall–Kier alpha value is -4.31. The second-order valence-electron chi connectivity index (χ2n) is 12.8. The standard InChI is InChI=1S/C34H42N6O4/c1-34(2,3)44-33(42)39-14-13-26-20-35-31(19-27(26)21-39)36-28-9-11-29(12-10-28)37-15-17-38(18-16-37)30-22-40(23-30)32(41)43-24-25-7-5-4-6-8-25/h4-12,19-20,30H,13-18,21-24H2,1-3H3,(H,35,36). The highest BCUT2D eigenvalue weighted by Gasteiger charge is 2.37. The van der Waals surface area contributed by atoms with Gasteiger partial charge < -0.3 is 29.5 Å². The maximum Gasteiger partial charge on any atom is 0.410 e. The van der Waals surface area contributed by atoms with E-state index in [0.29, 0.717) is 25.7 Å². The zero-order valence-corrected chi connectivity index (χ0v) is 25.9. The number of nitrogens with zero attached hydrogens (tertiary/aromatic N) is 5. The fraction of sp³-hybridized carbons (Fsp3) is 0.441. The van der Waals surface area contributed by atoms with E-state index in [1.807, 2.05) is 63.4 Å². The van der Waals surface area contributed by atoms with Gasteiger partial charge >= 0.3 is 12.2 Å². The Morgan fingerprint density at radius 2 is 1.61 bits per heavy atom. The number of anilines is 3. The molecule has 0 spiro atoms. The fourth-order valence-electron chi connectivity index (χ4n) is 5.88. The van der Waals surface area contributed by atoms with Crippen LogP contribution in [0.4, 0.5) is 26.8 Å². The third-order valence-electron chi connectivity index (χ3n) is 8.41. The number of hydrogen-bond donors (Lipinski definition) is 1. The predicted molar refractivity (Wildman–Crippen MR) is 170 cm³/mol. The van der Waals surface area contributed by atoms with Crippen LogP contribution in [0.3, 0.4) is 0 Å². The van der Waals surface area contributed by atoms with Gasteiger partial charge in [0.1, 0.15) is 18.0 Å². The minimum absolute atomic E-state index is 0.231. The summed E-state index contributed by atoms with van der Waals surface area (Å²) in [4.78, 5) is 38.0. The van der Waals surface area contributed by atoms with Crippen molar-refractivity contribution in [3.8, 4) is 0 Å². The van der Waals surface area contributed by atoms with Crippen molar-refractivity contribution in [1.82, 2.24) is 19.7 Å². The molecule has 3 aliphatic rings. The fourth-order valence-corrected chi connectivity index (χ4v) is 5.88. The number of carbonyl (C=O) groups excluding carboxylic acids is 2. The summed E-state index contributed by atoms with van der Waals surface area (Å²) in [6.07, 6.45) is 2.17. The van der Waals surface area contributed by atoms with Gasteiger partial charge in [0.2, 0.25) is 0 Å². The van der Waals surface area contributed by atoms with Crippen molar-refractivity contribution < 1.29 is 19.1 Å². The second kappa shape index (κ2) is 12.7. The number of carbonyl (C=O) groups is 2. The Kier molecular flexibility index (Phi) is 8.61. The van der Waals surface area contributed by atoms with Crippen LogP contribution in [0, 0.1) is 0 Å². The van der Waals surface area contributed by atoms with Crippen LogP contribution < -0.4 is 10.2 Å². The molecule has 0 unspecified atom stereocenters. The first kappa shape index (κ1) is 29.7. The molecule has 0 radical (unpaired) electrons. The van der Waals surface area contributed by atoms with E-state index in [1.54, 1.807) is 9.80 Å². The minimum atomic E-state index is -0.513. The smallest absolute Gasteiger partial charge is 0.410 e. The lowest BCUT2D eigenvalue weighted by atomic mass is 10.0. The molecule has 10 heteroatoms. The molecule has 3 aliphatic heterocycles. The zero-order chi connectivity index (χ0) is 30.7. The third kappa shape index (κ3) is 7.24. The molecule has 1 aromatic heterocycles. The average molecular weight is 599 g/mol. The molecular weight excluding hydrogens is 556 g/mol. The Bertz CT molecular complexity index is 1440. The molecule has 232 valence electrons. The van der Waals surface area contributed by atoms with E-state index >= 15 is 0 Å². The van der Waals surface area contributed by atoms with Crippen LogP contribution in [-0.2, 0) is 29.0 Å². The molecule has 0 saturated carbocycles. The van der Waals surface area contributed by atoms with Gasteiger partial charge in [-0.15, -0.1) is 0 Å². The Morgan fingerprint density at radius 1 is 0.886 bits per heavy atom. The van der Waals surface area contributed by atoms with Crippen molar-refractivity contribution >= 4 is 29.4 Å². The Labute approximate surface area is 259 Å². The Morgan fingerprint density at radius 3 is 2.32 bits per heavy atom. The highest BCUT2D eigenvalue weighted by atomic mass is 16.6. The minimum Gasteiger partial charge on any atom is -0.445 e. The number of piperazine rings is 1. The summed E-state index contributed by atoms with van der Waals surface area (Å²) >= 11 is 0. The highest BCUT2D eigenvalue weighted by Crippen LogP contribution is 2.27. The average Bonchev–Trinajstić information content (AvgIpc) is 2.99. The first-order valence-corrected chi connectivity index (χ1v) is 15.5. The van der Waals surface area contributed by atoms with Crippen molar-refractivity contribution in [3.63, 3.8) is 0 Å². The molecule has 0 bridgehead atoms. The van der Waals surface area contributed by atoms with Crippen molar-refractivity contribution in [1.29, 1.82) is 0 Å². The normalized spacial score (nSPS) is 17.5. The second-order valence-corrected chi connectivity index (χ2v) is 12.8. The zero-order valence-electron chi connectivity index (χ0n) is 25.9. The van der Waals surface area contributed by atoms with Gasteiger partial charge in [-0.1, -0.05) is 30.3 Å². The van der Waals surface area contributed by atoms with Crippen LogP contribution >= 0.6 is 0 Å². The van der Waals surface area contributed by atoms with Crippen LogP contribution in [0.25, 0.3) is 0 Å². The first-order chi connectivity index (χ1) is 21.2. The number of aromatic nitrogens is 1. The van der Waals surface area contributed by atoms with Crippen LogP contribution in [-0.4, -0.2) is 89.3 Å². The number of hydrogen-bond acceptors (Lipinski definition) is 8. The quantitative estimate of drug-likeness (QED) is 0.411. The lowest BCUT2D eigenvalue weighted by Gasteiger charge is -2.47. The van der Waals surface area contributed by atoms with Crippen molar-refractivity contribution in [2.45, 2.75) is 52.0 Å². The number of ether oxygens (including phenoxy) is 2. The molecule has 4 heterocycles. The van der Waals surface area contributed by atoms with Crippen molar-refractivity contribution in [2.24, 2.45) is 0 Å². The third-order valence-corrected chi connectivity index (χ3v) is 8.41. The van der Waals surface area contributed by atoms with E-state index in [9.17, 15) is 9.59 Å². The Balaban J connectivity index is 0.951. The van der Waals surface area contributed by atoms with Crippen molar-refractivity contribution in [2.75, 3.05) is 56.0 Å². The van der Waals surface area contributed by atoms with E-state index in [2.05, 4.69) is 44.4 Å². The number of rotatable bonds is 6. The van der Waals surface area contributed by atoms with E-state index < -0.39 is 5.60 Å². The summed E-state index contributed by atoms with van der Waals surface area (Å²) in [7, 11) is 0. The van der Waals surface area contributed by atoms with Gasteiger partial charge in [-0.3, -0.25) is 4.90 Å². The number of fused-ring (bicyclic) bond motifs is 1. The van der Waals surface area contributed by atoms with Gasteiger partial charge in [-0.2, -0.15) is 0 Å². The lowest BCUT2D eigenvalue weighted by molar-refractivity contribution is 0.0168. The molecule has 10 nitrogen and oxygen atoms in total. The van der Waals surface area contributed by atoms with E-state index in [1.165, 1.54) is 11.3 Å². The van der Waals surface area contributed by atoms with Crippen LogP contribution in [0.2, 0.25) is 0 Å². The molecule has 1 N–H and O–H groups in total. The van der Waals surface area contributed by atoms with E-state index in [4.69, 9.17) is 9.47 Å². The van der Waals surface area contributed by atoms with Gasteiger partial charge in [-0.05, 0) is 74.2 Å². The van der Waals surface area contributed by atoms with Gasteiger partial charge in [0.25, 0.3) is 0 Å². The predicted octanol–water partition coefficient (Wildman–Crippen LogP) is 5.26. The van der Waals surface area contributed by atoms with Gasteiger partial charge in [0.05, 0.1) is 0 Å². The maximum absolute atomic E-state index is 12.6. The summed E-state index contributed by atoms with van der Waals surface area (Å²) in [5, 5.41) is 3.42. The van der Waals surface area contributed by atoms with Gasteiger partial charge in [0.15, 0.2) is 0 Å². The van der Waals surface area contributed by atoms with Crippen LogP contribution in [0.15, 0.2) is 66.9 Å². The van der Waals surface area contributed by atoms with Crippen molar-refractivity contribution in [3.05, 3.63) is 83.6 Å². The molecule has 2 amide bonds.